The van der Waals surface area contributed by atoms with Crippen LogP contribution in [0.4, 0.5) is 0 Å². The van der Waals surface area contributed by atoms with Gasteiger partial charge in [-0.15, -0.1) is 0 Å². The maximum absolute atomic E-state index is 6.34. The third kappa shape index (κ3) is 3.01. The smallest absolute Gasteiger partial charge is 0.0830 e. The van der Waals surface area contributed by atoms with Crippen LogP contribution in [0, 0.1) is 0 Å². The minimum Gasteiger partial charge on any atom is -0.368 e. The maximum atomic E-state index is 6.34. The number of nitrogens with two attached hydrogens (primary N) is 1. The molecule has 21 heavy (non-hydrogen) atoms. The van der Waals surface area contributed by atoms with Crippen LogP contribution in [-0.4, -0.2) is 34.7 Å². The Morgan fingerprint density at radius 3 is 2.19 bits per heavy atom. The summed E-state index contributed by atoms with van der Waals surface area (Å²) >= 11 is 0. The largest absolute Gasteiger partial charge is 0.368 e. The fourth-order valence-electron chi connectivity index (χ4n) is 4.05. The molecule has 1 aromatic carbocycles. The Morgan fingerprint density at radius 1 is 1.14 bits per heavy atom. The molecular weight excluding hydrogens is 260 g/mol. The molecular formula is C18H30N2O. The van der Waals surface area contributed by atoms with Gasteiger partial charge in [-0.25, -0.2) is 0 Å². The van der Waals surface area contributed by atoms with Gasteiger partial charge in [0.25, 0.3) is 0 Å². The van der Waals surface area contributed by atoms with Gasteiger partial charge in [0.2, 0.25) is 0 Å². The van der Waals surface area contributed by atoms with Gasteiger partial charge in [0.05, 0.1) is 16.7 Å². The van der Waals surface area contributed by atoms with Crippen LogP contribution in [-0.2, 0) is 11.3 Å². The van der Waals surface area contributed by atoms with E-state index in [1.54, 1.807) is 0 Å². The minimum absolute atomic E-state index is 0.124. The average molecular weight is 290 g/mol. The van der Waals surface area contributed by atoms with Gasteiger partial charge < -0.3 is 10.5 Å². The normalized spacial score (nSPS) is 27.2. The lowest BCUT2D eigenvalue weighted by Gasteiger charge is -2.47. The number of rotatable bonds is 5. The number of benzene rings is 1. The van der Waals surface area contributed by atoms with Crippen LogP contribution in [0.2, 0.25) is 0 Å². The summed E-state index contributed by atoms with van der Waals surface area (Å²) in [4.78, 5) is 2.50. The number of hydrogen-bond donors (Lipinski definition) is 1. The van der Waals surface area contributed by atoms with E-state index in [0.29, 0.717) is 6.54 Å². The molecule has 3 heteroatoms. The van der Waals surface area contributed by atoms with Crippen molar-refractivity contribution in [3.05, 3.63) is 35.9 Å². The SMILES string of the molecule is CCN(Cc1ccccc1)C1(CN)CC(C)(C)OC1(C)C. The van der Waals surface area contributed by atoms with Crippen molar-refractivity contribution in [3.63, 3.8) is 0 Å². The third-order valence-corrected chi connectivity index (χ3v) is 4.91. The molecule has 0 radical (unpaired) electrons. The van der Waals surface area contributed by atoms with Gasteiger partial charge >= 0.3 is 0 Å². The minimum atomic E-state index is -0.254. The molecule has 2 N–H and O–H groups in total. The molecule has 1 fully saturated rings. The van der Waals surface area contributed by atoms with Crippen molar-refractivity contribution in [2.75, 3.05) is 13.1 Å². The Morgan fingerprint density at radius 2 is 1.76 bits per heavy atom. The van der Waals surface area contributed by atoms with Crippen LogP contribution in [0.25, 0.3) is 0 Å². The molecule has 3 nitrogen and oxygen atoms in total. The quantitative estimate of drug-likeness (QED) is 0.905. The summed E-state index contributed by atoms with van der Waals surface area (Å²) in [5, 5.41) is 0. The zero-order valence-corrected chi connectivity index (χ0v) is 14.1. The van der Waals surface area contributed by atoms with Crippen LogP contribution in [0.3, 0.4) is 0 Å². The highest BCUT2D eigenvalue weighted by Crippen LogP contribution is 2.48. The molecule has 2 rings (SSSR count). The Kier molecular flexibility index (Phi) is 4.48. The van der Waals surface area contributed by atoms with E-state index in [-0.39, 0.29) is 16.7 Å². The fraction of sp³-hybridized carbons (Fsp3) is 0.667. The van der Waals surface area contributed by atoms with Crippen LogP contribution < -0.4 is 5.73 Å². The lowest BCUT2D eigenvalue weighted by Crippen LogP contribution is -2.63. The Labute approximate surface area is 129 Å². The summed E-state index contributed by atoms with van der Waals surface area (Å²) in [6.45, 7) is 13.4. The van der Waals surface area contributed by atoms with Gasteiger partial charge in [-0.05, 0) is 46.2 Å². The number of likely N-dealkylation sites (N-methyl/N-ethyl adjacent to an activating group) is 1. The summed E-state index contributed by atoms with van der Waals surface area (Å²) in [7, 11) is 0. The Balaban J connectivity index is 2.33. The molecule has 0 amide bonds. The van der Waals surface area contributed by atoms with Crippen LogP contribution in [0.1, 0.15) is 46.6 Å². The van der Waals surface area contributed by atoms with E-state index in [9.17, 15) is 0 Å². The van der Waals surface area contributed by atoms with E-state index < -0.39 is 0 Å². The number of nitrogens with zero attached hydrogens (tertiary/aromatic N) is 1. The predicted molar refractivity (Wildman–Crippen MR) is 88.2 cm³/mol. The van der Waals surface area contributed by atoms with Crippen molar-refractivity contribution < 1.29 is 4.74 Å². The molecule has 0 aliphatic carbocycles. The zero-order valence-electron chi connectivity index (χ0n) is 14.1. The monoisotopic (exact) mass is 290 g/mol. The molecule has 118 valence electrons. The second-order valence-corrected chi connectivity index (χ2v) is 7.28. The molecule has 0 aromatic heterocycles. The molecule has 1 unspecified atom stereocenters. The van der Waals surface area contributed by atoms with E-state index in [4.69, 9.17) is 10.5 Å². The zero-order chi connectivity index (χ0) is 15.7. The molecule has 1 saturated heterocycles. The van der Waals surface area contributed by atoms with Crippen LogP contribution in [0.15, 0.2) is 30.3 Å². The first-order valence-corrected chi connectivity index (χ1v) is 7.95. The highest BCUT2D eigenvalue weighted by Gasteiger charge is 2.58. The van der Waals surface area contributed by atoms with Crippen molar-refractivity contribution in [2.45, 2.75) is 64.3 Å². The summed E-state index contributed by atoms with van der Waals surface area (Å²) < 4.78 is 6.34. The molecule has 0 spiro atoms. The van der Waals surface area contributed by atoms with E-state index in [1.165, 1.54) is 5.56 Å². The average Bonchev–Trinajstić information content (AvgIpc) is 2.62. The van der Waals surface area contributed by atoms with Crippen molar-refractivity contribution in [1.29, 1.82) is 0 Å². The van der Waals surface area contributed by atoms with E-state index in [0.717, 1.165) is 19.5 Å². The van der Waals surface area contributed by atoms with Gasteiger partial charge in [-0.1, -0.05) is 37.3 Å². The lowest BCUT2D eigenvalue weighted by molar-refractivity contribution is -0.105. The predicted octanol–water partition coefficient (Wildman–Crippen LogP) is 3.18. The molecule has 1 atom stereocenters. The Bertz CT molecular complexity index is 469. The molecule has 1 heterocycles. The van der Waals surface area contributed by atoms with E-state index >= 15 is 0 Å². The number of hydrogen-bond acceptors (Lipinski definition) is 3. The van der Waals surface area contributed by atoms with Gasteiger partial charge in [-0.3, -0.25) is 4.90 Å². The highest BCUT2D eigenvalue weighted by atomic mass is 16.5. The Hall–Kier alpha value is -0.900. The van der Waals surface area contributed by atoms with Gasteiger partial charge in [0.1, 0.15) is 0 Å². The second kappa shape index (κ2) is 5.71. The van der Waals surface area contributed by atoms with Gasteiger partial charge in [0, 0.05) is 13.1 Å². The van der Waals surface area contributed by atoms with E-state index in [1.807, 2.05) is 0 Å². The number of ether oxygens (including phenoxy) is 1. The summed E-state index contributed by atoms with van der Waals surface area (Å²) in [6, 6.07) is 10.6. The van der Waals surface area contributed by atoms with E-state index in [2.05, 4.69) is 69.9 Å². The van der Waals surface area contributed by atoms with Crippen molar-refractivity contribution in [2.24, 2.45) is 5.73 Å². The summed E-state index contributed by atoms with van der Waals surface area (Å²) in [5.74, 6) is 0. The first-order valence-electron chi connectivity index (χ1n) is 7.95. The lowest BCUT2D eigenvalue weighted by atomic mass is 9.77. The summed E-state index contributed by atoms with van der Waals surface area (Å²) in [5.41, 5.74) is 7.09. The first kappa shape index (κ1) is 16.5. The molecule has 0 bridgehead atoms. The third-order valence-electron chi connectivity index (χ3n) is 4.91. The van der Waals surface area contributed by atoms with Crippen molar-refractivity contribution >= 4 is 0 Å². The second-order valence-electron chi connectivity index (χ2n) is 7.28. The van der Waals surface area contributed by atoms with Crippen molar-refractivity contribution in [1.82, 2.24) is 4.90 Å². The van der Waals surface area contributed by atoms with Crippen LogP contribution >= 0.6 is 0 Å². The first-order chi connectivity index (χ1) is 9.76. The molecule has 1 aromatic rings. The molecule has 0 saturated carbocycles. The van der Waals surface area contributed by atoms with Gasteiger partial charge in [0.15, 0.2) is 0 Å². The van der Waals surface area contributed by atoms with Crippen molar-refractivity contribution in [3.8, 4) is 0 Å². The topological polar surface area (TPSA) is 38.5 Å². The maximum Gasteiger partial charge on any atom is 0.0830 e. The molecule has 1 aliphatic heterocycles. The van der Waals surface area contributed by atoms with Gasteiger partial charge in [-0.2, -0.15) is 0 Å². The fourth-order valence-corrected chi connectivity index (χ4v) is 4.05. The standard InChI is InChI=1S/C18H30N2O/c1-6-20(12-15-10-8-7-9-11-15)18(14-19)13-16(2,3)21-17(18,4)5/h7-11H,6,12-14,19H2,1-5H3. The summed E-state index contributed by atoms with van der Waals surface area (Å²) in [6.07, 6.45) is 0.962. The van der Waals surface area contributed by atoms with Crippen LogP contribution in [0.5, 0.6) is 0 Å². The molecule has 1 aliphatic rings. The highest BCUT2D eigenvalue weighted by molar-refractivity contribution is 5.18.